The number of aromatic nitrogens is 1. The monoisotopic (exact) mass is 262 g/mol. The van der Waals surface area contributed by atoms with Crippen LogP contribution in [0.15, 0.2) is 29.1 Å². The first kappa shape index (κ1) is 13.6. The molecule has 5 heteroatoms. The van der Waals surface area contributed by atoms with Gasteiger partial charge in [0.2, 0.25) is 0 Å². The zero-order valence-corrected chi connectivity index (χ0v) is 11.1. The Kier molecular flexibility index (Phi) is 4.19. The first-order chi connectivity index (χ1) is 9.13. The Bertz CT molecular complexity index is 622. The number of nitrogens with zero attached hydrogens (tertiary/aromatic N) is 1. The van der Waals surface area contributed by atoms with E-state index in [9.17, 15) is 4.79 Å². The van der Waals surface area contributed by atoms with Crippen LogP contribution >= 0.6 is 0 Å². The van der Waals surface area contributed by atoms with Gasteiger partial charge in [0, 0.05) is 24.7 Å². The van der Waals surface area contributed by atoms with Crippen LogP contribution in [0.1, 0.15) is 5.56 Å². The fourth-order valence-electron chi connectivity index (χ4n) is 2.01. The Morgan fingerprint density at radius 2 is 2.16 bits per heavy atom. The Labute approximate surface area is 111 Å². The average molecular weight is 262 g/mol. The first-order valence-electron chi connectivity index (χ1n) is 6.13. The third-order valence-electron chi connectivity index (χ3n) is 3.05. The van der Waals surface area contributed by atoms with E-state index in [1.165, 1.54) is 0 Å². The van der Waals surface area contributed by atoms with E-state index in [1.54, 1.807) is 13.2 Å². The molecule has 5 nitrogen and oxygen atoms in total. The highest BCUT2D eigenvalue weighted by molar-refractivity contribution is 5.80. The second kappa shape index (κ2) is 5.86. The molecule has 2 rings (SSSR count). The van der Waals surface area contributed by atoms with Gasteiger partial charge in [0.25, 0.3) is 5.56 Å². The topological polar surface area (TPSA) is 65.6 Å². The van der Waals surface area contributed by atoms with Crippen LogP contribution in [0.3, 0.4) is 0 Å². The maximum Gasteiger partial charge on any atom is 0.252 e. The van der Waals surface area contributed by atoms with Crippen LogP contribution in [0.5, 0.6) is 5.75 Å². The fraction of sp³-hybridized carbons (Fsp3) is 0.357. The summed E-state index contributed by atoms with van der Waals surface area (Å²) in [6.45, 7) is 1.14. The van der Waals surface area contributed by atoms with E-state index in [0.717, 1.165) is 10.9 Å². The van der Waals surface area contributed by atoms with E-state index in [0.29, 0.717) is 24.4 Å². The van der Waals surface area contributed by atoms with Crippen molar-refractivity contribution in [2.45, 2.75) is 6.54 Å². The third kappa shape index (κ3) is 3.13. The van der Waals surface area contributed by atoms with Gasteiger partial charge in [0.1, 0.15) is 5.75 Å². The molecule has 0 fully saturated rings. The minimum atomic E-state index is -0.106. The number of nitrogens with one attached hydrogen (secondary N) is 1. The summed E-state index contributed by atoms with van der Waals surface area (Å²) in [4.78, 5) is 16.7. The number of rotatable bonds is 5. The van der Waals surface area contributed by atoms with Gasteiger partial charge in [-0.25, -0.2) is 0 Å². The summed E-state index contributed by atoms with van der Waals surface area (Å²) in [5.74, 6) is 0.716. The summed E-state index contributed by atoms with van der Waals surface area (Å²) in [5, 5.41) is 9.84. The number of aromatic amines is 1. The van der Waals surface area contributed by atoms with Gasteiger partial charge in [0.05, 0.1) is 19.2 Å². The van der Waals surface area contributed by atoms with Crippen LogP contribution in [0.4, 0.5) is 0 Å². The molecular formula is C14H18N2O3. The SMILES string of the molecule is COc1ccc2cc(CN(C)CCO)c(=O)[nH]c2c1. The predicted molar refractivity (Wildman–Crippen MR) is 74.5 cm³/mol. The number of H-pyrrole nitrogens is 1. The van der Waals surface area contributed by atoms with Gasteiger partial charge < -0.3 is 14.8 Å². The van der Waals surface area contributed by atoms with Gasteiger partial charge in [-0.05, 0) is 30.6 Å². The van der Waals surface area contributed by atoms with Gasteiger partial charge in [-0.1, -0.05) is 0 Å². The molecule has 0 unspecified atom stereocenters. The third-order valence-corrected chi connectivity index (χ3v) is 3.05. The number of likely N-dealkylation sites (N-methyl/N-ethyl adjacent to an activating group) is 1. The summed E-state index contributed by atoms with van der Waals surface area (Å²) in [6, 6.07) is 7.46. The van der Waals surface area contributed by atoms with Crippen LogP contribution in [0.2, 0.25) is 0 Å². The molecule has 0 spiro atoms. The molecule has 2 aromatic rings. The standard InChI is InChI=1S/C14H18N2O3/c1-16(5-6-17)9-11-7-10-3-4-12(19-2)8-13(10)15-14(11)18/h3-4,7-8,17H,5-6,9H2,1-2H3,(H,15,18). The Balaban J connectivity index is 2.36. The summed E-state index contributed by atoms with van der Waals surface area (Å²) in [7, 11) is 3.46. The molecule has 102 valence electrons. The lowest BCUT2D eigenvalue weighted by molar-refractivity contribution is 0.217. The maximum atomic E-state index is 12.0. The predicted octanol–water partition coefficient (Wildman–Crippen LogP) is 0.961. The highest BCUT2D eigenvalue weighted by Gasteiger charge is 2.06. The van der Waals surface area contributed by atoms with Crippen molar-refractivity contribution in [3.8, 4) is 5.75 Å². The van der Waals surface area contributed by atoms with Crippen molar-refractivity contribution in [3.05, 3.63) is 40.2 Å². The molecule has 0 aliphatic heterocycles. The Hall–Kier alpha value is -1.85. The molecule has 19 heavy (non-hydrogen) atoms. The molecule has 1 heterocycles. The Morgan fingerprint density at radius 3 is 2.84 bits per heavy atom. The van der Waals surface area contributed by atoms with Crippen molar-refractivity contribution in [1.29, 1.82) is 0 Å². The largest absolute Gasteiger partial charge is 0.497 e. The lowest BCUT2D eigenvalue weighted by atomic mass is 10.1. The molecule has 0 amide bonds. The van der Waals surface area contributed by atoms with Gasteiger partial charge in [-0.15, -0.1) is 0 Å². The van der Waals surface area contributed by atoms with E-state index in [2.05, 4.69) is 4.98 Å². The lowest BCUT2D eigenvalue weighted by Gasteiger charge is -2.14. The van der Waals surface area contributed by atoms with Crippen molar-refractivity contribution in [2.24, 2.45) is 0 Å². The molecule has 0 atom stereocenters. The van der Waals surface area contributed by atoms with Crippen LogP contribution in [-0.2, 0) is 6.54 Å². The number of methoxy groups -OCH3 is 1. The zero-order chi connectivity index (χ0) is 13.8. The molecule has 0 saturated carbocycles. The Morgan fingerprint density at radius 1 is 1.37 bits per heavy atom. The van der Waals surface area contributed by atoms with Gasteiger partial charge in [-0.2, -0.15) is 0 Å². The first-order valence-corrected chi connectivity index (χ1v) is 6.13. The molecule has 0 saturated heterocycles. The molecule has 2 N–H and O–H groups in total. The van der Waals surface area contributed by atoms with E-state index in [1.807, 2.05) is 30.1 Å². The number of pyridine rings is 1. The number of hydrogen-bond donors (Lipinski definition) is 2. The number of benzene rings is 1. The lowest BCUT2D eigenvalue weighted by Crippen LogP contribution is -2.25. The summed E-state index contributed by atoms with van der Waals surface area (Å²) in [5.41, 5.74) is 1.34. The molecule has 0 radical (unpaired) electrons. The average Bonchev–Trinajstić information content (AvgIpc) is 2.39. The normalized spacial score (nSPS) is 11.2. The fourth-order valence-corrected chi connectivity index (χ4v) is 2.01. The van der Waals surface area contributed by atoms with Gasteiger partial charge in [-0.3, -0.25) is 9.69 Å². The van der Waals surface area contributed by atoms with Crippen LogP contribution in [-0.4, -0.2) is 42.3 Å². The van der Waals surface area contributed by atoms with E-state index >= 15 is 0 Å². The minimum Gasteiger partial charge on any atom is -0.497 e. The number of fused-ring (bicyclic) bond motifs is 1. The van der Waals surface area contributed by atoms with Crippen molar-refractivity contribution in [1.82, 2.24) is 9.88 Å². The van der Waals surface area contributed by atoms with Crippen molar-refractivity contribution >= 4 is 10.9 Å². The van der Waals surface area contributed by atoms with Crippen molar-refractivity contribution in [2.75, 3.05) is 27.3 Å². The van der Waals surface area contributed by atoms with Crippen molar-refractivity contribution < 1.29 is 9.84 Å². The number of hydrogen-bond acceptors (Lipinski definition) is 4. The molecular weight excluding hydrogens is 244 g/mol. The van der Waals surface area contributed by atoms with Crippen molar-refractivity contribution in [3.63, 3.8) is 0 Å². The molecule has 1 aromatic heterocycles. The highest BCUT2D eigenvalue weighted by atomic mass is 16.5. The summed E-state index contributed by atoms with van der Waals surface area (Å²) in [6.07, 6.45) is 0. The van der Waals surface area contributed by atoms with E-state index < -0.39 is 0 Å². The van der Waals surface area contributed by atoms with E-state index in [-0.39, 0.29) is 12.2 Å². The molecule has 0 aliphatic rings. The quantitative estimate of drug-likeness (QED) is 0.842. The smallest absolute Gasteiger partial charge is 0.252 e. The number of aliphatic hydroxyl groups is 1. The minimum absolute atomic E-state index is 0.0825. The van der Waals surface area contributed by atoms with Gasteiger partial charge >= 0.3 is 0 Å². The van der Waals surface area contributed by atoms with Crippen LogP contribution in [0, 0.1) is 0 Å². The zero-order valence-electron chi connectivity index (χ0n) is 11.1. The number of aliphatic hydroxyl groups excluding tert-OH is 1. The highest BCUT2D eigenvalue weighted by Crippen LogP contribution is 2.18. The van der Waals surface area contributed by atoms with Crippen LogP contribution < -0.4 is 10.3 Å². The molecule has 0 bridgehead atoms. The van der Waals surface area contributed by atoms with Crippen LogP contribution in [0.25, 0.3) is 10.9 Å². The second-order valence-corrected chi connectivity index (χ2v) is 4.54. The maximum absolute atomic E-state index is 12.0. The summed E-state index contributed by atoms with van der Waals surface area (Å²) < 4.78 is 5.13. The molecule has 0 aliphatic carbocycles. The number of ether oxygens (including phenoxy) is 1. The summed E-state index contributed by atoms with van der Waals surface area (Å²) >= 11 is 0. The second-order valence-electron chi connectivity index (χ2n) is 4.54. The molecule has 1 aromatic carbocycles. The van der Waals surface area contributed by atoms with E-state index in [4.69, 9.17) is 9.84 Å². The van der Waals surface area contributed by atoms with Gasteiger partial charge in [0.15, 0.2) is 0 Å².